The molecule has 0 spiro atoms. The van der Waals surface area contributed by atoms with E-state index < -0.39 is 0 Å². The first-order chi connectivity index (χ1) is 6.07. The third-order valence-electron chi connectivity index (χ3n) is 1.81. The molecule has 3 nitrogen and oxygen atoms in total. The van der Waals surface area contributed by atoms with Gasteiger partial charge in [0, 0.05) is 6.61 Å². The van der Waals surface area contributed by atoms with Crippen LogP contribution in [0.5, 0.6) is 0 Å². The summed E-state index contributed by atoms with van der Waals surface area (Å²) in [6.45, 7) is 7.28. The van der Waals surface area contributed by atoms with E-state index in [1.54, 1.807) is 6.92 Å². The van der Waals surface area contributed by atoms with Crippen LogP contribution in [0.3, 0.4) is 0 Å². The average molecular weight is 188 g/mol. The molecule has 78 valence electrons. The van der Waals surface area contributed by atoms with Gasteiger partial charge in [0.25, 0.3) is 0 Å². The van der Waals surface area contributed by atoms with Gasteiger partial charge < -0.3 is 9.47 Å². The number of methoxy groups -OCH3 is 1. The Morgan fingerprint density at radius 2 is 1.92 bits per heavy atom. The summed E-state index contributed by atoms with van der Waals surface area (Å²) < 4.78 is 9.90. The highest BCUT2D eigenvalue weighted by atomic mass is 16.5. The lowest BCUT2D eigenvalue weighted by Crippen LogP contribution is -2.18. The minimum atomic E-state index is -0.204. The normalized spacial score (nSPS) is 13.0. The van der Waals surface area contributed by atoms with Crippen LogP contribution in [0.2, 0.25) is 0 Å². The Morgan fingerprint density at radius 3 is 2.38 bits per heavy atom. The van der Waals surface area contributed by atoms with Crippen molar-refractivity contribution in [3.8, 4) is 0 Å². The molecule has 0 rings (SSSR count). The summed E-state index contributed by atoms with van der Waals surface area (Å²) in [5, 5.41) is 0. The summed E-state index contributed by atoms with van der Waals surface area (Å²) in [5.74, 6) is 0.287. The second-order valence-corrected chi connectivity index (χ2v) is 3.68. The van der Waals surface area contributed by atoms with Gasteiger partial charge in [0.2, 0.25) is 0 Å². The lowest BCUT2D eigenvalue weighted by atomic mass is 10.1. The molecule has 0 aromatic heterocycles. The Hall–Kier alpha value is -0.570. The predicted molar refractivity (Wildman–Crippen MR) is 51.5 cm³/mol. The van der Waals surface area contributed by atoms with Crippen LogP contribution in [0.4, 0.5) is 0 Å². The molecule has 1 atom stereocenters. The van der Waals surface area contributed by atoms with E-state index in [0.29, 0.717) is 12.5 Å². The van der Waals surface area contributed by atoms with Gasteiger partial charge in [0.15, 0.2) is 0 Å². The van der Waals surface area contributed by atoms with Crippen LogP contribution in [0, 0.1) is 11.8 Å². The maximum atomic E-state index is 10.9. The second kappa shape index (κ2) is 6.89. The molecule has 0 N–H and O–H groups in total. The summed E-state index contributed by atoms with van der Waals surface area (Å²) in [5.41, 5.74) is 0. The largest absolute Gasteiger partial charge is 0.469 e. The van der Waals surface area contributed by atoms with E-state index in [0.717, 1.165) is 13.0 Å². The monoisotopic (exact) mass is 188 g/mol. The van der Waals surface area contributed by atoms with Gasteiger partial charge in [0.1, 0.15) is 0 Å². The number of rotatable bonds is 6. The molecule has 0 saturated carbocycles. The van der Waals surface area contributed by atoms with E-state index in [1.165, 1.54) is 7.11 Å². The molecule has 0 fully saturated rings. The van der Waals surface area contributed by atoms with Crippen molar-refractivity contribution in [1.29, 1.82) is 0 Å². The van der Waals surface area contributed by atoms with Crippen molar-refractivity contribution in [1.82, 2.24) is 0 Å². The zero-order valence-electron chi connectivity index (χ0n) is 9.00. The molecule has 0 aliphatic rings. The van der Waals surface area contributed by atoms with Gasteiger partial charge in [0.05, 0.1) is 19.6 Å². The van der Waals surface area contributed by atoms with Crippen LogP contribution in [0.1, 0.15) is 27.2 Å². The number of hydrogen-bond donors (Lipinski definition) is 0. The van der Waals surface area contributed by atoms with E-state index >= 15 is 0 Å². The quantitative estimate of drug-likeness (QED) is 0.471. The molecule has 0 aliphatic heterocycles. The van der Waals surface area contributed by atoms with Crippen LogP contribution >= 0.6 is 0 Å². The Bertz CT molecular complexity index is 143. The van der Waals surface area contributed by atoms with Crippen LogP contribution in [0.25, 0.3) is 0 Å². The highest BCUT2D eigenvalue weighted by Crippen LogP contribution is 2.02. The summed E-state index contributed by atoms with van der Waals surface area (Å²) in [4.78, 5) is 10.9. The number of ether oxygens (including phenoxy) is 2. The van der Waals surface area contributed by atoms with Crippen molar-refractivity contribution < 1.29 is 14.3 Å². The van der Waals surface area contributed by atoms with Crippen molar-refractivity contribution in [2.24, 2.45) is 11.8 Å². The van der Waals surface area contributed by atoms with Crippen molar-refractivity contribution >= 4 is 5.97 Å². The fourth-order valence-corrected chi connectivity index (χ4v) is 0.848. The first-order valence-corrected chi connectivity index (χ1v) is 4.73. The van der Waals surface area contributed by atoms with Gasteiger partial charge in [-0.25, -0.2) is 0 Å². The van der Waals surface area contributed by atoms with Crippen LogP contribution in [-0.4, -0.2) is 26.3 Å². The number of esters is 1. The zero-order valence-corrected chi connectivity index (χ0v) is 9.00. The molecule has 0 unspecified atom stereocenters. The molecular formula is C10H20O3. The van der Waals surface area contributed by atoms with E-state index in [-0.39, 0.29) is 11.9 Å². The number of carbonyl (C=O) groups excluding carboxylic acids is 1. The van der Waals surface area contributed by atoms with Gasteiger partial charge in [-0.2, -0.15) is 0 Å². The summed E-state index contributed by atoms with van der Waals surface area (Å²) >= 11 is 0. The highest BCUT2D eigenvalue weighted by molar-refractivity contribution is 5.71. The Labute approximate surface area is 80.4 Å². The van der Waals surface area contributed by atoms with Gasteiger partial charge >= 0.3 is 5.97 Å². The molecule has 0 saturated heterocycles. The topological polar surface area (TPSA) is 35.5 Å². The molecule has 13 heavy (non-hydrogen) atoms. The summed E-state index contributed by atoms with van der Waals surface area (Å²) in [7, 11) is 1.40. The highest BCUT2D eigenvalue weighted by Gasteiger charge is 2.12. The summed E-state index contributed by atoms with van der Waals surface area (Å²) in [6.07, 6.45) is 1.04. The first-order valence-electron chi connectivity index (χ1n) is 4.73. The van der Waals surface area contributed by atoms with Gasteiger partial charge in [-0.15, -0.1) is 0 Å². The standard InChI is InChI=1S/C10H20O3/c1-8(2)5-6-13-7-9(3)10(11)12-4/h8-9H,5-7H2,1-4H3/t9-/m1/s1. The van der Waals surface area contributed by atoms with Crippen molar-refractivity contribution in [2.45, 2.75) is 27.2 Å². The Balaban J connectivity index is 3.37. The van der Waals surface area contributed by atoms with Crippen molar-refractivity contribution in [3.63, 3.8) is 0 Å². The van der Waals surface area contributed by atoms with Crippen LogP contribution < -0.4 is 0 Å². The molecular weight excluding hydrogens is 168 g/mol. The predicted octanol–water partition coefficient (Wildman–Crippen LogP) is 1.86. The third-order valence-corrected chi connectivity index (χ3v) is 1.81. The molecule has 0 radical (unpaired) electrons. The number of carbonyl (C=O) groups is 1. The maximum Gasteiger partial charge on any atom is 0.310 e. The second-order valence-electron chi connectivity index (χ2n) is 3.68. The molecule has 0 aromatic rings. The molecule has 0 heterocycles. The van der Waals surface area contributed by atoms with Crippen molar-refractivity contribution in [2.75, 3.05) is 20.3 Å². The van der Waals surface area contributed by atoms with Gasteiger partial charge in [-0.05, 0) is 19.3 Å². The van der Waals surface area contributed by atoms with E-state index in [9.17, 15) is 4.79 Å². The lowest BCUT2D eigenvalue weighted by molar-refractivity contribution is -0.146. The SMILES string of the molecule is COC(=O)[C@H](C)COCCC(C)C. The Kier molecular flexibility index (Phi) is 6.59. The van der Waals surface area contributed by atoms with E-state index in [2.05, 4.69) is 18.6 Å². The van der Waals surface area contributed by atoms with E-state index in [4.69, 9.17) is 4.74 Å². The molecule has 0 aromatic carbocycles. The zero-order chi connectivity index (χ0) is 10.3. The molecule has 0 bridgehead atoms. The maximum absolute atomic E-state index is 10.9. The first kappa shape index (κ1) is 12.4. The average Bonchev–Trinajstić information content (AvgIpc) is 2.10. The fraction of sp³-hybridized carbons (Fsp3) is 0.900. The molecule has 0 aliphatic carbocycles. The van der Waals surface area contributed by atoms with Crippen LogP contribution in [-0.2, 0) is 14.3 Å². The van der Waals surface area contributed by atoms with Crippen molar-refractivity contribution in [3.05, 3.63) is 0 Å². The minimum absolute atomic E-state index is 0.155. The van der Waals surface area contributed by atoms with Crippen LogP contribution in [0.15, 0.2) is 0 Å². The molecule has 3 heteroatoms. The third kappa shape index (κ3) is 6.58. The lowest BCUT2D eigenvalue weighted by Gasteiger charge is -2.10. The Morgan fingerprint density at radius 1 is 1.31 bits per heavy atom. The van der Waals surface area contributed by atoms with Gasteiger partial charge in [-0.1, -0.05) is 13.8 Å². The fourth-order valence-electron chi connectivity index (χ4n) is 0.848. The van der Waals surface area contributed by atoms with E-state index in [1.807, 2.05) is 0 Å². The number of hydrogen-bond acceptors (Lipinski definition) is 3. The molecule has 0 amide bonds. The summed E-state index contributed by atoms with van der Waals surface area (Å²) in [6, 6.07) is 0. The van der Waals surface area contributed by atoms with Gasteiger partial charge in [-0.3, -0.25) is 4.79 Å². The minimum Gasteiger partial charge on any atom is -0.469 e. The smallest absolute Gasteiger partial charge is 0.310 e.